The molecule has 0 saturated heterocycles. The van der Waals surface area contributed by atoms with Crippen molar-refractivity contribution in [3.63, 3.8) is 0 Å². The molecule has 0 radical (unpaired) electrons. The maximum atomic E-state index is 12.9. The van der Waals surface area contributed by atoms with Crippen LogP contribution in [0.5, 0.6) is 5.75 Å². The number of benzene rings is 1. The summed E-state index contributed by atoms with van der Waals surface area (Å²) in [5.74, 6) is 1.49. The van der Waals surface area contributed by atoms with Crippen LogP contribution >= 0.6 is 0 Å². The quantitative estimate of drug-likeness (QED) is 0.906. The van der Waals surface area contributed by atoms with Crippen molar-refractivity contribution in [3.8, 4) is 5.75 Å². The molecule has 1 atom stereocenters. The number of hydrogen-bond acceptors (Lipinski definition) is 4. The van der Waals surface area contributed by atoms with Crippen molar-refractivity contribution in [2.24, 2.45) is 5.92 Å². The maximum absolute atomic E-state index is 12.9. The summed E-state index contributed by atoms with van der Waals surface area (Å²) in [6, 6.07) is 7.87. The van der Waals surface area contributed by atoms with Crippen molar-refractivity contribution >= 4 is 11.5 Å². The summed E-state index contributed by atoms with van der Waals surface area (Å²) >= 11 is 0. The number of carbonyl (C=O) groups is 1. The number of aromatic nitrogens is 3. The Morgan fingerprint density at radius 1 is 1.40 bits per heavy atom. The lowest BCUT2D eigenvalue weighted by Crippen LogP contribution is -2.40. The van der Waals surface area contributed by atoms with E-state index in [9.17, 15) is 9.59 Å². The number of hydrogen-bond donors (Lipinski definition) is 1. The Labute approximate surface area is 144 Å². The molecule has 2 aliphatic rings. The van der Waals surface area contributed by atoms with Crippen molar-refractivity contribution in [2.45, 2.75) is 19.4 Å². The van der Waals surface area contributed by atoms with E-state index in [4.69, 9.17) is 4.74 Å². The molecule has 0 bridgehead atoms. The molecular formula is C18H20N4O3. The molecule has 2 aliphatic heterocycles. The van der Waals surface area contributed by atoms with Gasteiger partial charge in [0.1, 0.15) is 11.6 Å². The molecule has 25 heavy (non-hydrogen) atoms. The number of rotatable bonds is 3. The molecule has 0 spiro atoms. The molecule has 1 unspecified atom stereocenters. The number of nitrogens with zero attached hydrogens (tertiary/aromatic N) is 3. The molecule has 1 aromatic carbocycles. The van der Waals surface area contributed by atoms with E-state index in [2.05, 4.69) is 16.3 Å². The third kappa shape index (κ3) is 2.86. The molecule has 7 nitrogen and oxygen atoms in total. The van der Waals surface area contributed by atoms with Crippen LogP contribution in [0, 0.1) is 5.92 Å². The number of fused-ring (bicyclic) bond motifs is 1. The van der Waals surface area contributed by atoms with Crippen LogP contribution in [0.4, 0.5) is 0 Å². The minimum atomic E-state index is -0.232. The normalized spacial score (nSPS) is 19.5. The molecule has 7 heteroatoms. The van der Waals surface area contributed by atoms with E-state index in [0.717, 1.165) is 29.1 Å². The van der Waals surface area contributed by atoms with E-state index in [0.29, 0.717) is 26.1 Å². The summed E-state index contributed by atoms with van der Waals surface area (Å²) < 4.78 is 6.85. The molecule has 0 aliphatic carbocycles. The molecular weight excluding hydrogens is 320 g/mol. The second-order valence-corrected chi connectivity index (χ2v) is 6.47. The number of nitrogens with one attached hydrogen (secondary N) is 1. The van der Waals surface area contributed by atoms with Gasteiger partial charge in [-0.05, 0) is 29.7 Å². The minimum absolute atomic E-state index is 0.105. The van der Waals surface area contributed by atoms with Crippen LogP contribution in [0.1, 0.15) is 17.8 Å². The lowest BCUT2D eigenvalue weighted by molar-refractivity contribution is -0.135. The number of carbonyl (C=O) groups excluding carboxylic acids is 1. The lowest BCUT2D eigenvalue weighted by Gasteiger charge is -2.26. The number of ether oxygens (including phenoxy) is 1. The van der Waals surface area contributed by atoms with Crippen molar-refractivity contribution in [1.82, 2.24) is 19.7 Å². The average molecular weight is 340 g/mol. The van der Waals surface area contributed by atoms with Crippen LogP contribution in [0.25, 0.3) is 5.57 Å². The van der Waals surface area contributed by atoms with Crippen molar-refractivity contribution in [2.75, 3.05) is 20.2 Å². The Morgan fingerprint density at radius 2 is 2.28 bits per heavy atom. The van der Waals surface area contributed by atoms with Crippen LogP contribution in [0.2, 0.25) is 0 Å². The smallest absolute Gasteiger partial charge is 0.343 e. The van der Waals surface area contributed by atoms with Gasteiger partial charge in [-0.1, -0.05) is 18.2 Å². The first-order chi connectivity index (χ1) is 12.2. The van der Waals surface area contributed by atoms with Gasteiger partial charge < -0.3 is 9.64 Å². The van der Waals surface area contributed by atoms with Crippen LogP contribution in [-0.2, 0) is 17.8 Å². The first-order valence-electron chi connectivity index (χ1n) is 8.42. The maximum Gasteiger partial charge on any atom is 0.343 e. The topological polar surface area (TPSA) is 80.2 Å². The Kier molecular flexibility index (Phi) is 3.91. The molecule has 2 aromatic rings. The highest BCUT2D eigenvalue weighted by Crippen LogP contribution is 2.27. The van der Waals surface area contributed by atoms with Gasteiger partial charge in [0, 0.05) is 26.1 Å². The van der Waals surface area contributed by atoms with Gasteiger partial charge in [-0.3, -0.25) is 9.36 Å². The van der Waals surface area contributed by atoms with Gasteiger partial charge in [0.2, 0.25) is 5.91 Å². The fourth-order valence-electron chi connectivity index (χ4n) is 3.56. The first kappa shape index (κ1) is 15.7. The largest absolute Gasteiger partial charge is 0.497 e. The SMILES string of the molecule is COc1cccc(C2=CCN(C(=O)C3CCc4n[nH]c(=O)n4C3)C2)c1. The highest BCUT2D eigenvalue weighted by molar-refractivity contribution is 5.84. The van der Waals surface area contributed by atoms with Crippen molar-refractivity contribution in [1.29, 1.82) is 0 Å². The van der Waals surface area contributed by atoms with Gasteiger partial charge in [-0.25, -0.2) is 9.89 Å². The van der Waals surface area contributed by atoms with Gasteiger partial charge >= 0.3 is 5.69 Å². The van der Waals surface area contributed by atoms with Crippen LogP contribution < -0.4 is 10.4 Å². The summed E-state index contributed by atoms with van der Waals surface area (Å²) in [5, 5.41) is 6.45. The molecule has 3 heterocycles. The first-order valence-corrected chi connectivity index (χ1v) is 8.42. The predicted molar refractivity (Wildman–Crippen MR) is 92.2 cm³/mol. The predicted octanol–water partition coefficient (Wildman–Crippen LogP) is 1.07. The second kappa shape index (κ2) is 6.23. The zero-order valence-corrected chi connectivity index (χ0v) is 14.1. The Bertz CT molecular complexity index is 896. The van der Waals surface area contributed by atoms with E-state index in [1.807, 2.05) is 29.2 Å². The summed E-state index contributed by atoms with van der Waals surface area (Å²) in [6.07, 6.45) is 3.47. The molecule has 130 valence electrons. The zero-order chi connectivity index (χ0) is 17.4. The van der Waals surface area contributed by atoms with Crippen molar-refractivity contribution < 1.29 is 9.53 Å². The molecule has 0 saturated carbocycles. The standard InChI is InChI=1S/C18H20N4O3/c1-25-15-4-2-3-12(9-15)13-7-8-21(10-13)17(23)14-5-6-16-19-20-18(24)22(16)11-14/h2-4,7,9,14H,5-6,8,10-11H2,1H3,(H,20,24). The highest BCUT2D eigenvalue weighted by atomic mass is 16.5. The third-order valence-corrected chi connectivity index (χ3v) is 4.98. The lowest BCUT2D eigenvalue weighted by atomic mass is 9.98. The van der Waals surface area contributed by atoms with Gasteiger partial charge in [0.25, 0.3) is 0 Å². The number of amides is 1. The average Bonchev–Trinajstić information content (AvgIpc) is 3.28. The van der Waals surface area contributed by atoms with E-state index < -0.39 is 0 Å². The molecule has 4 rings (SSSR count). The Morgan fingerprint density at radius 3 is 3.12 bits per heavy atom. The number of aryl methyl sites for hydroxylation is 1. The number of aromatic amines is 1. The van der Waals surface area contributed by atoms with Gasteiger partial charge in [-0.15, -0.1) is 0 Å². The van der Waals surface area contributed by atoms with E-state index in [-0.39, 0.29) is 17.5 Å². The summed E-state index contributed by atoms with van der Waals surface area (Å²) in [7, 11) is 1.65. The van der Waals surface area contributed by atoms with Crippen molar-refractivity contribution in [3.05, 3.63) is 52.2 Å². The Balaban J connectivity index is 1.45. The highest BCUT2D eigenvalue weighted by Gasteiger charge is 2.31. The monoisotopic (exact) mass is 340 g/mol. The Hall–Kier alpha value is -2.83. The zero-order valence-electron chi connectivity index (χ0n) is 14.1. The summed E-state index contributed by atoms with van der Waals surface area (Å²) in [5.41, 5.74) is 1.97. The molecule has 1 amide bonds. The molecule has 1 aromatic heterocycles. The van der Waals surface area contributed by atoms with Gasteiger partial charge in [0.05, 0.1) is 13.0 Å². The van der Waals surface area contributed by atoms with Gasteiger partial charge in [-0.2, -0.15) is 5.10 Å². The fourth-order valence-corrected chi connectivity index (χ4v) is 3.56. The summed E-state index contributed by atoms with van der Waals surface area (Å²) in [6.45, 7) is 1.61. The third-order valence-electron chi connectivity index (χ3n) is 4.98. The van der Waals surface area contributed by atoms with Crippen LogP contribution in [-0.4, -0.2) is 45.8 Å². The van der Waals surface area contributed by atoms with E-state index >= 15 is 0 Å². The second-order valence-electron chi connectivity index (χ2n) is 6.47. The molecule has 1 N–H and O–H groups in total. The van der Waals surface area contributed by atoms with Gasteiger partial charge in [0.15, 0.2) is 0 Å². The summed E-state index contributed by atoms with van der Waals surface area (Å²) in [4.78, 5) is 26.5. The number of H-pyrrole nitrogens is 1. The number of methoxy groups -OCH3 is 1. The van der Waals surface area contributed by atoms with E-state index in [1.54, 1.807) is 11.7 Å². The van der Waals surface area contributed by atoms with Crippen LogP contribution in [0.15, 0.2) is 35.1 Å². The van der Waals surface area contributed by atoms with E-state index in [1.165, 1.54) is 0 Å². The molecule has 0 fully saturated rings. The van der Waals surface area contributed by atoms with Crippen LogP contribution in [0.3, 0.4) is 0 Å². The minimum Gasteiger partial charge on any atom is -0.497 e. The fraction of sp³-hybridized carbons (Fsp3) is 0.389.